The van der Waals surface area contributed by atoms with E-state index in [9.17, 15) is 5.11 Å². The first-order valence-corrected chi connectivity index (χ1v) is 7.95. The quantitative estimate of drug-likeness (QED) is 0.791. The van der Waals surface area contributed by atoms with Gasteiger partial charge in [0.2, 0.25) is 0 Å². The van der Waals surface area contributed by atoms with Crippen molar-refractivity contribution in [1.82, 2.24) is 10.3 Å². The van der Waals surface area contributed by atoms with Gasteiger partial charge in [-0.2, -0.15) is 0 Å². The van der Waals surface area contributed by atoms with Gasteiger partial charge < -0.3 is 15.2 Å². The van der Waals surface area contributed by atoms with Crippen LogP contribution in [0.1, 0.15) is 25.0 Å². The molecule has 2 N–H and O–H groups in total. The first kappa shape index (κ1) is 16.9. The zero-order valence-corrected chi connectivity index (χ0v) is 14.4. The molecule has 118 valence electrons. The third-order valence-corrected chi connectivity index (χ3v) is 3.79. The lowest BCUT2D eigenvalue weighted by molar-refractivity contribution is 0.186. The lowest BCUT2D eigenvalue weighted by Crippen LogP contribution is -2.42. The lowest BCUT2D eigenvalue weighted by Gasteiger charge is -2.24. The average Bonchev–Trinajstić information content (AvgIpc) is 2.53. The number of nitrogens with one attached hydrogen (secondary N) is 1. The van der Waals surface area contributed by atoms with Crippen molar-refractivity contribution >= 4 is 15.9 Å². The van der Waals surface area contributed by atoms with Gasteiger partial charge in [-0.25, -0.2) is 0 Å². The van der Waals surface area contributed by atoms with Crippen molar-refractivity contribution < 1.29 is 9.84 Å². The smallest absolute Gasteiger partial charge is 0.124 e. The van der Waals surface area contributed by atoms with Gasteiger partial charge in [-0.1, -0.05) is 22.0 Å². The molecule has 4 nitrogen and oxygen atoms in total. The van der Waals surface area contributed by atoms with E-state index in [0.717, 1.165) is 21.3 Å². The summed E-state index contributed by atoms with van der Waals surface area (Å²) in [5, 5.41) is 12.7. The fourth-order valence-electron chi connectivity index (χ4n) is 1.86. The van der Waals surface area contributed by atoms with Crippen molar-refractivity contribution in [1.29, 1.82) is 0 Å². The van der Waals surface area contributed by atoms with E-state index < -0.39 is 0 Å². The number of hydrogen-bond donors (Lipinski definition) is 2. The largest absolute Gasteiger partial charge is 0.489 e. The number of pyridine rings is 1. The van der Waals surface area contributed by atoms with Gasteiger partial charge in [0.05, 0.1) is 6.61 Å². The Bertz CT molecular complexity index is 603. The molecule has 0 bridgehead atoms. The topological polar surface area (TPSA) is 54.4 Å². The first-order chi connectivity index (χ1) is 10.5. The Morgan fingerprint density at radius 3 is 2.82 bits per heavy atom. The second kappa shape index (κ2) is 7.72. The van der Waals surface area contributed by atoms with Crippen LogP contribution >= 0.6 is 15.9 Å². The van der Waals surface area contributed by atoms with Gasteiger partial charge in [-0.3, -0.25) is 4.98 Å². The normalized spacial score (nSPS) is 11.5. The van der Waals surface area contributed by atoms with Crippen molar-refractivity contribution in [3.8, 4) is 5.75 Å². The maximum atomic E-state index is 9.34. The molecule has 1 aromatic heterocycles. The molecule has 0 atom stereocenters. The summed E-state index contributed by atoms with van der Waals surface area (Å²) in [4.78, 5) is 4.09. The summed E-state index contributed by atoms with van der Waals surface area (Å²) < 4.78 is 6.91. The molecule has 0 unspecified atom stereocenters. The maximum Gasteiger partial charge on any atom is 0.124 e. The predicted molar refractivity (Wildman–Crippen MR) is 90.7 cm³/mol. The van der Waals surface area contributed by atoms with Crippen LogP contribution < -0.4 is 10.1 Å². The summed E-state index contributed by atoms with van der Waals surface area (Å²) in [5.74, 6) is 0.827. The average molecular weight is 365 g/mol. The fourth-order valence-corrected chi connectivity index (χ4v) is 2.27. The number of halogens is 1. The van der Waals surface area contributed by atoms with E-state index in [0.29, 0.717) is 13.2 Å². The van der Waals surface area contributed by atoms with Crippen LogP contribution in [0.2, 0.25) is 0 Å². The summed E-state index contributed by atoms with van der Waals surface area (Å²) in [6.07, 6.45) is 3.54. The van der Waals surface area contributed by atoms with E-state index in [4.69, 9.17) is 4.74 Å². The summed E-state index contributed by atoms with van der Waals surface area (Å²) >= 11 is 3.49. The van der Waals surface area contributed by atoms with Gasteiger partial charge >= 0.3 is 0 Å². The third-order valence-electron chi connectivity index (χ3n) is 3.29. The number of aliphatic hydroxyl groups is 1. The molecule has 2 aromatic rings. The van der Waals surface area contributed by atoms with E-state index in [1.54, 1.807) is 12.4 Å². The van der Waals surface area contributed by atoms with Crippen molar-refractivity contribution in [2.75, 3.05) is 6.61 Å². The molecule has 0 aliphatic rings. The Morgan fingerprint density at radius 2 is 2.14 bits per heavy atom. The molecule has 0 saturated heterocycles. The van der Waals surface area contributed by atoms with Crippen LogP contribution in [0.3, 0.4) is 0 Å². The molecular weight excluding hydrogens is 344 g/mol. The lowest BCUT2D eigenvalue weighted by atomic mass is 10.1. The Labute approximate surface area is 139 Å². The van der Waals surface area contributed by atoms with E-state index in [1.165, 1.54) is 0 Å². The predicted octanol–water partition coefficient (Wildman–Crippen LogP) is 3.28. The van der Waals surface area contributed by atoms with Crippen molar-refractivity contribution in [2.45, 2.75) is 32.5 Å². The molecule has 1 aromatic carbocycles. The number of rotatable bonds is 7. The van der Waals surface area contributed by atoms with Gasteiger partial charge in [0, 0.05) is 40.1 Å². The minimum atomic E-state index is -0.330. The molecule has 0 saturated carbocycles. The second-order valence-electron chi connectivity index (χ2n) is 5.80. The van der Waals surface area contributed by atoms with Gasteiger partial charge in [0.15, 0.2) is 0 Å². The molecule has 0 radical (unpaired) electrons. The minimum Gasteiger partial charge on any atom is -0.489 e. The Hall–Kier alpha value is -1.43. The van der Waals surface area contributed by atoms with Crippen molar-refractivity contribution in [2.24, 2.45) is 0 Å². The van der Waals surface area contributed by atoms with Gasteiger partial charge in [0.1, 0.15) is 12.4 Å². The molecule has 2 rings (SSSR count). The van der Waals surface area contributed by atoms with Crippen LogP contribution in [-0.2, 0) is 13.2 Å². The molecule has 0 aliphatic heterocycles. The maximum absolute atomic E-state index is 9.34. The van der Waals surface area contributed by atoms with Crippen molar-refractivity contribution in [3.05, 3.63) is 58.3 Å². The molecule has 0 aliphatic carbocycles. The van der Waals surface area contributed by atoms with E-state index in [1.807, 2.05) is 44.2 Å². The Balaban J connectivity index is 2.07. The third kappa shape index (κ3) is 5.09. The van der Waals surface area contributed by atoms with Crippen LogP contribution in [0.4, 0.5) is 0 Å². The van der Waals surface area contributed by atoms with E-state index in [-0.39, 0.29) is 12.1 Å². The van der Waals surface area contributed by atoms with Gasteiger partial charge in [-0.05, 0) is 38.1 Å². The highest BCUT2D eigenvalue weighted by Gasteiger charge is 2.16. The van der Waals surface area contributed by atoms with Crippen LogP contribution in [0.5, 0.6) is 5.75 Å². The molecule has 0 amide bonds. The molecule has 0 spiro atoms. The Kier molecular flexibility index (Phi) is 5.94. The minimum absolute atomic E-state index is 0.0763. The monoisotopic (exact) mass is 364 g/mol. The highest BCUT2D eigenvalue weighted by molar-refractivity contribution is 9.10. The van der Waals surface area contributed by atoms with Crippen LogP contribution in [0.25, 0.3) is 0 Å². The zero-order chi connectivity index (χ0) is 16.0. The highest BCUT2D eigenvalue weighted by atomic mass is 79.9. The number of hydrogen-bond acceptors (Lipinski definition) is 4. The second-order valence-corrected chi connectivity index (χ2v) is 6.71. The summed E-state index contributed by atoms with van der Waals surface area (Å²) in [6.45, 7) is 5.09. The number of ether oxygens (including phenoxy) is 1. The molecule has 0 fully saturated rings. The summed E-state index contributed by atoms with van der Waals surface area (Å²) in [7, 11) is 0. The molecule has 1 heterocycles. The highest BCUT2D eigenvalue weighted by Crippen LogP contribution is 2.24. The van der Waals surface area contributed by atoms with E-state index in [2.05, 4.69) is 26.2 Å². The fraction of sp³-hybridized carbons (Fsp3) is 0.353. The standard InChI is InChI=1S/C17H21BrN2O2/c1-17(2,12-21)20-10-14-8-15(18)5-6-16(14)22-11-13-4-3-7-19-9-13/h3-9,20-21H,10-12H2,1-2H3. The van der Waals surface area contributed by atoms with Crippen LogP contribution in [-0.4, -0.2) is 22.2 Å². The van der Waals surface area contributed by atoms with E-state index >= 15 is 0 Å². The van der Waals surface area contributed by atoms with Crippen molar-refractivity contribution in [3.63, 3.8) is 0 Å². The molecular formula is C17H21BrN2O2. The Morgan fingerprint density at radius 1 is 1.32 bits per heavy atom. The molecule has 5 heteroatoms. The van der Waals surface area contributed by atoms with Crippen LogP contribution in [0, 0.1) is 0 Å². The molecule has 22 heavy (non-hydrogen) atoms. The van der Waals surface area contributed by atoms with Crippen LogP contribution in [0.15, 0.2) is 47.2 Å². The summed E-state index contributed by atoms with van der Waals surface area (Å²) in [6, 6.07) is 9.81. The number of nitrogens with zero attached hydrogens (tertiary/aromatic N) is 1. The number of aromatic nitrogens is 1. The number of aliphatic hydroxyl groups excluding tert-OH is 1. The number of benzene rings is 1. The van der Waals surface area contributed by atoms with Gasteiger partial charge in [-0.15, -0.1) is 0 Å². The first-order valence-electron chi connectivity index (χ1n) is 7.16. The SMILES string of the molecule is CC(C)(CO)NCc1cc(Br)ccc1OCc1cccnc1. The summed E-state index contributed by atoms with van der Waals surface area (Å²) in [5.41, 5.74) is 1.74. The van der Waals surface area contributed by atoms with Gasteiger partial charge in [0.25, 0.3) is 0 Å². The zero-order valence-electron chi connectivity index (χ0n) is 12.8.